The largest absolute Gasteiger partial charge is 0.507 e. The lowest BCUT2D eigenvalue weighted by molar-refractivity contribution is -0.167. The third-order valence-electron chi connectivity index (χ3n) is 5.07. The van der Waals surface area contributed by atoms with Crippen LogP contribution in [0.3, 0.4) is 0 Å². The molecule has 1 heterocycles. The van der Waals surface area contributed by atoms with Gasteiger partial charge in [0, 0.05) is 13.5 Å². The zero-order valence-corrected chi connectivity index (χ0v) is 16.3. The Bertz CT molecular complexity index is 678. The molecule has 1 aliphatic rings. The van der Waals surface area contributed by atoms with Crippen LogP contribution in [0.5, 0.6) is 0 Å². The molecule has 0 aromatic carbocycles. The second kappa shape index (κ2) is 9.50. The minimum Gasteiger partial charge on any atom is -0.507 e. The van der Waals surface area contributed by atoms with Crippen LogP contribution in [0, 0.1) is 5.92 Å². The molecule has 7 nitrogen and oxygen atoms in total. The Kier molecular flexibility index (Phi) is 7.97. The Morgan fingerprint density at radius 3 is 2.41 bits per heavy atom. The monoisotopic (exact) mass is 379 g/mol. The van der Waals surface area contributed by atoms with Gasteiger partial charge < -0.3 is 20.2 Å². The van der Waals surface area contributed by atoms with Gasteiger partial charge in [0.1, 0.15) is 11.3 Å². The first-order valence-electron chi connectivity index (χ1n) is 9.15. The third-order valence-corrected chi connectivity index (χ3v) is 5.07. The number of aliphatic carboxylic acids is 1. The van der Waals surface area contributed by atoms with E-state index in [4.69, 9.17) is 0 Å². The van der Waals surface area contributed by atoms with Gasteiger partial charge in [-0.15, -0.1) is 0 Å². The molecule has 0 aromatic heterocycles. The van der Waals surface area contributed by atoms with Crippen LogP contribution >= 0.6 is 0 Å². The minimum absolute atomic E-state index is 0.389. The molecule has 3 N–H and O–H groups in total. The molecule has 1 rings (SSSR count). The molecule has 1 saturated heterocycles. The van der Waals surface area contributed by atoms with Gasteiger partial charge in [-0.25, -0.2) is 4.79 Å². The summed E-state index contributed by atoms with van der Waals surface area (Å²) in [5.41, 5.74) is -2.53. The smallest absolute Gasteiger partial charge is 0.336 e. The number of carboxylic acid groups (broad SMARTS) is 1. The number of unbranched alkanes of at least 4 members (excludes halogenated alkanes) is 1. The van der Waals surface area contributed by atoms with Crippen LogP contribution in [-0.2, 0) is 14.4 Å². The second-order valence-electron chi connectivity index (χ2n) is 6.88. The van der Waals surface area contributed by atoms with Crippen molar-refractivity contribution in [2.75, 3.05) is 7.05 Å². The van der Waals surface area contributed by atoms with Crippen LogP contribution in [0.2, 0.25) is 0 Å². The Morgan fingerprint density at radius 2 is 1.89 bits per heavy atom. The number of carbonyl (C=O) groups excluding carboxylic acids is 2. The fraction of sp³-hybridized carbons (Fsp3) is 0.550. The van der Waals surface area contributed by atoms with E-state index < -0.39 is 47.4 Å². The molecule has 0 aliphatic carbocycles. The van der Waals surface area contributed by atoms with Crippen LogP contribution in [0.4, 0.5) is 0 Å². The van der Waals surface area contributed by atoms with Crippen LogP contribution in [0.25, 0.3) is 0 Å². The molecule has 1 aliphatic heterocycles. The predicted molar refractivity (Wildman–Crippen MR) is 101 cm³/mol. The lowest BCUT2D eigenvalue weighted by atomic mass is 9.80. The van der Waals surface area contributed by atoms with Gasteiger partial charge in [0.15, 0.2) is 11.4 Å². The number of aliphatic hydroxyl groups excluding tert-OH is 1. The van der Waals surface area contributed by atoms with E-state index in [-0.39, 0.29) is 5.57 Å². The van der Waals surface area contributed by atoms with Gasteiger partial charge in [0.05, 0.1) is 6.04 Å². The topological polar surface area (TPSA) is 115 Å². The molecule has 3 atom stereocenters. The van der Waals surface area contributed by atoms with Crippen molar-refractivity contribution in [1.82, 2.24) is 4.90 Å². The summed E-state index contributed by atoms with van der Waals surface area (Å²) in [7, 11) is 1.36. The van der Waals surface area contributed by atoms with Gasteiger partial charge in [-0.3, -0.25) is 9.59 Å². The van der Waals surface area contributed by atoms with Crippen molar-refractivity contribution in [1.29, 1.82) is 0 Å². The predicted octanol–water partition coefficient (Wildman–Crippen LogP) is 2.37. The zero-order chi connectivity index (χ0) is 20.8. The first-order valence-corrected chi connectivity index (χ1v) is 9.15. The van der Waals surface area contributed by atoms with Crippen LogP contribution in [-0.4, -0.2) is 56.6 Å². The molecule has 0 aromatic rings. The summed E-state index contributed by atoms with van der Waals surface area (Å²) in [6.45, 7) is 5.34. The van der Waals surface area contributed by atoms with E-state index >= 15 is 0 Å². The molecule has 0 radical (unpaired) electrons. The Balaban J connectivity index is 3.14. The number of aliphatic hydroxyl groups is 2. The number of likely N-dealkylation sites (N-methyl/N-ethyl adjacent to an activating group) is 1. The van der Waals surface area contributed by atoms with Gasteiger partial charge in [-0.05, 0) is 18.4 Å². The number of likely N-dealkylation sites (tertiary alicyclic amines) is 1. The highest BCUT2D eigenvalue weighted by molar-refractivity contribution is 6.27. The van der Waals surface area contributed by atoms with Crippen molar-refractivity contribution in [2.45, 2.75) is 58.1 Å². The standard InChI is InChI=1S/C20H29NO6/c1-5-7-8-9-10-11-15(22)16-17(23)14(21(4)18(16)24)12-20(27,19(25)26)13(3)6-2/h8-11,13-14,22,27H,5-7,12H2,1-4H3,(H,25,26)/b9-8+,11-10+,16-15+. The SMILES string of the molecule is CCC/C=C/C=C/C(O)=C1/C(=O)C(CC(O)(C(=O)O)C(C)CC)N(C)C1=O. The van der Waals surface area contributed by atoms with Gasteiger partial charge in [-0.1, -0.05) is 51.8 Å². The van der Waals surface area contributed by atoms with Crippen molar-refractivity contribution in [3.05, 3.63) is 35.6 Å². The summed E-state index contributed by atoms with van der Waals surface area (Å²) < 4.78 is 0. The van der Waals surface area contributed by atoms with Gasteiger partial charge in [0.25, 0.3) is 5.91 Å². The average molecular weight is 379 g/mol. The fourth-order valence-electron chi connectivity index (χ4n) is 2.93. The number of Topliss-reactive ketones (excluding diaryl/α,β-unsaturated/α-hetero) is 1. The molecule has 1 fully saturated rings. The third kappa shape index (κ3) is 4.86. The maximum atomic E-state index is 12.7. The van der Waals surface area contributed by atoms with Crippen molar-refractivity contribution >= 4 is 17.7 Å². The van der Waals surface area contributed by atoms with E-state index in [2.05, 4.69) is 0 Å². The van der Waals surface area contributed by atoms with E-state index in [1.54, 1.807) is 19.9 Å². The Hall–Kier alpha value is -2.41. The van der Waals surface area contributed by atoms with Gasteiger partial charge in [-0.2, -0.15) is 0 Å². The highest BCUT2D eigenvalue weighted by Crippen LogP contribution is 2.32. The first-order chi connectivity index (χ1) is 12.6. The molecule has 1 amide bonds. The number of hydrogen-bond donors (Lipinski definition) is 3. The fourth-order valence-corrected chi connectivity index (χ4v) is 2.93. The van der Waals surface area contributed by atoms with Gasteiger partial charge in [0.2, 0.25) is 0 Å². The van der Waals surface area contributed by atoms with E-state index in [9.17, 15) is 29.7 Å². The Morgan fingerprint density at radius 1 is 1.26 bits per heavy atom. The van der Waals surface area contributed by atoms with Gasteiger partial charge >= 0.3 is 5.97 Å². The molecule has 7 heteroatoms. The number of carbonyl (C=O) groups is 3. The van der Waals surface area contributed by atoms with E-state index in [1.807, 2.05) is 13.0 Å². The lowest BCUT2D eigenvalue weighted by Crippen LogP contribution is -2.50. The summed E-state index contributed by atoms with van der Waals surface area (Å²) >= 11 is 0. The summed E-state index contributed by atoms with van der Waals surface area (Å²) in [5.74, 6) is -3.90. The number of ketones is 1. The Labute approximate surface area is 159 Å². The van der Waals surface area contributed by atoms with E-state index in [0.29, 0.717) is 6.42 Å². The van der Waals surface area contributed by atoms with E-state index in [0.717, 1.165) is 17.7 Å². The average Bonchev–Trinajstić information content (AvgIpc) is 2.83. The minimum atomic E-state index is -2.15. The second-order valence-corrected chi connectivity index (χ2v) is 6.88. The maximum Gasteiger partial charge on any atom is 0.336 e. The number of hydrogen-bond acceptors (Lipinski definition) is 5. The summed E-state index contributed by atoms with van der Waals surface area (Å²) in [5, 5.41) is 30.2. The molecule has 0 bridgehead atoms. The van der Waals surface area contributed by atoms with Crippen molar-refractivity contribution in [2.24, 2.45) is 5.92 Å². The maximum absolute atomic E-state index is 12.7. The lowest BCUT2D eigenvalue weighted by Gasteiger charge is -2.32. The number of allylic oxidation sites excluding steroid dienone is 4. The van der Waals surface area contributed by atoms with E-state index in [1.165, 1.54) is 19.2 Å². The summed E-state index contributed by atoms with van der Waals surface area (Å²) in [4.78, 5) is 37.8. The van der Waals surface area contributed by atoms with Crippen molar-refractivity contribution < 1.29 is 29.7 Å². The van der Waals surface area contributed by atoms with Crippen LogP contribution in [0.15, 0.2) is 35.6 Å². The number of rotatable bonds is 9. The summed E-state index contributed by atoms with van der Waals surface area (Å²) in [6, 6.07) is -1.14. The highest BCUT2D eigenvalue weighted by Gasteiger charge is 2.50. The van der Waals surface area contributed by atoms with Crippen LogP contribution < -0.4 is 0 Å². The molecular weight excluding hydrogens is 350 g/mol. The molecule has 150 valence electrons. The molecule has 0 saturated carbocycles. The number of nitrogens with zero attached hydrogens (tertiary/aromatic N) is 1. The molecule has 27 heavy (non-hydrogen) atoms. The quantitative estimate of drug-likeness (QED) is 0.245. The van der Waals surface area contributed by atoms with Crippen molar-refractivity contribution in [3.63, 3.8) is 0 Å². The zero-order valence-electron chi connectivity index (χ0n) is 16.3. The number of amides is 1. The molecule has 3 unspecified atom stereocenters. The van der Waals surface area contributed by atoms with Crippen molar-refractivity contribution in [3.8, 4) is 0 Å². The molecular formula is C20H29NO6. The number of carboxylic acids is 1. The normalized spacial score (nSPS) is 23.3. The van der Waals surface area contributed by atoms with Crippen LogP contribution in [0.1, 0.15) is 46.5 Å². The summed E-state index contributed by atoms with van der Waals surface area (Å²) in [6.07, 6.45) is 8.18. The first kappa shape index (κ1) is 22.6. The highest BCUT2D eigenvalue weighted by atomic mass is 16.4. The molecule has 0 spiro atoms.